The van der Waals surface area contributed by atoms with Gasteiger partial charge in [-0.25, -0.2) is 4.98 Å². The van der Waals surface area contributed by atoms with Gasteiger partial charge >= 0.3 is 0 Å². The Labute approximate surface area is 80.9 Å². The van der Waals surface area contributed by atoms with Crippen molar-refractivity contribution in [2.45, 2.75) is 6.42 Å². The maximum Gasteiger partial charge on any atom is 0.159 e. The molecule has 14 heavy (non-hydrogen) atoms. The standard InChI is InChI=1S/C9H11N5/c10-8-6-2-3-7(14-4-1-5-14)11-9(6)13-12-8/h2-3H,1,4-5H2,(H3,10,11,12,13). The first-order valence-electron chi connectivity index (χ1n) is 4.70. The maximum atomic E-state index is 5.65. The number of fused-ring (bicyclic) bond motifs is 1. The van der Waals surface area contributed by atoms with Crippen LogP contribution in [0.3, 0.4) is 0 Å². The number of hydrogen-bond donors (Lipinski definition) is 2. The van der Waals surface area contributed by atoms with Crippen molar-refractivity contribution in [1.29, 1.82) is 0 Å². The molecule has 0 aliphatic carbocycles. The second-order valence-corrected chi connectivity index (χ2v) is 3.52. The zero-order valence-corrected chi connectivity index (χ0v) is 7.70. The molecule has 0 atom stereocenters. The molecule has 1 fully saturated rings. The van der Waals surface area contributed by atoms with Crippen LogP contribution in [0.4, 0.5) is 11.6 Å². The number of nitrogens with one attached hydrogen (secondary N) is 1. The lowest BCUT2D eigenvalue weighted by Crippen LogP contribution is -2.37. The molecule has 1 aliphatic heterocycles. The smallest absolute Gasteiger partial charge is 0.159 e. The molecule has 3 N–H and O–H groups in total. The predicted octanol–water partition coefficient (Wildman–Crippen LogP) is 0.750. The van der Waals surface area contributed by atoms with Gasteiger partial charge in [0.15, 0.2) is 11.5 Å². The van der Waals surface area contributed by atoms with E-state index in [0.717, 1.165) is 29.9 Å². The summed E-state index contributed by atoms with van der Waals surface area (Å²) >= 11 is 0. The van der Waals surface area contributed by atoms with E-state index in [9.17, 15) is 0 Å². The molecule has 2 aromatic rings. The third kappa shape index (κ3) is 0.951. The lowest BCUT2D eigenvalue weighted by Gasteiger charge is -2.31. The van der Waals surface area contributed by atoms with Crippen LogP contribution in [0.15, 0.2) is 12.1 Å². The quantitative estimate of drug-likeness (QED) is 0.694. The first-order chi connectivity index (χ1) is 6.84. The van der Waals surface area contributed by atoms with Gasteiger partial charge < -0.3 is 10.6 Å². The molecule has 1 aliphatic rings. The number of aromatic nitrogens is 3. The average Bonchev–Trinajstić information content (AvgIpc) is 2.45. The highest BCUT2D eigenvalue weighted by molar-refractivity contribution is 5.86. The molecule has 3 heterocycles. The Kier molecular flexibility index (Phi) is 1.41. The third-order valence-electron chi connectivity index (χ3n) is 2.62. The summed E-state index contributed by atoms with van der Waals surface area (Å²) in [5.41, 5.74) is 6.42. The highest BCUT2D eigenvalue weighted by Crippen LogP contribution is 2.22. The molecule has 0 unspecified atom stereocenters. The molecule has 1 saturated heterocycles. The summed E-state index contributed by atoms with van der Waals surface area (Å²) in [6, 6.07) is 3.96. The van der Waals surface area contributed by atoms with Crippen LogP contribution >= 0.6 is 0 Å². The van der Waals surface area contributed by atoms with E-state index in [1.807, 2.05) is 12.1 Å². The van der Waals surface area contributed by atoms with Crippen molar-refractivity contribution in [1.82, 2.24) is 15.2 Å². The van der Waals surface area contributed by atoms with Crippen molar-refractivity contribution < 1.29 is 0 Å². The molecule has 2 aromatic heterocycles. The number of nitrogens with two attached hydrogens (primary N) is 1. The Morgan fingerprint density at radius 2 is 2.21 bits per heavy atom. The fourth-order valence-corrected chi connectivity index (χ4v) is 1.64. The SMILES string of the molecule is Nc1n[nH]c2nc(N3CCC3)ccc12. The highest BCUT2D eigenvalue weighted by atomic mass is 15.2. The summed E-state index contributed by atoms with van der Waals surface area (Å²) in [5, 5.41) is 7.63. The monoisotopic (exact) mass is 189 g/mol. The topological polar surface area (TPSA) is 70.8 Å². The normalized spacial score (nSPS) is 15.9. The molecule has 0 radical (unpaired) electrons. The number of H-pyrrole nitrogens is 1. The number of hydrogen-bond acceptors (Lipinski definition) is 4. The lowest BCUT2D eigenvalue weighted by atomic mass is 10.2. The van der Waals surface area contributed by atoms with Gasteiger partial charge in [-0.3, -0.25) is 5.10 Å². The van der Waals surface area contributed by atoms with Crippen LogP contribution in [-0.4, -0.2) is 28.3 Å². The molecule has 3 rings (SSSR count). The van der Waals surface area contributed by atoms with Crippen LogP contribution < -0.4 is 10.6 Å². The van der Waals surface area contributed by atoms with Gasteiger partial charge in [0.1, 0.15) is 5.82 Å². The van der Waals surface area contributed by atoms with Crippen LogP contribution in [0.2, 0.25) is 0 Å². The Morgan fingerprint density at radius 1 is 1.36 bits per heavy atom. The second-order valence-electron chi connectivity index (χ2n) is 3.52. The van der Waals surface area contributed by atoms with Crippen LogP contribution in [0.1, 0.15) is 6.42 Å². The summed E-state index contributed by atoms with van der Waals surface area (Å²) in [7, 11) is 0. The molecule has 5 heteroatoms. The summed E-state index contributed by atoms with van der Waals surface area (Å²) in [6.07, 6.45) is 1.25. The largest absolute Gasteiger partial charge is 0.382 e. The summed E-state index contributed by atoms with van der Waals surface area (Å²) in [4.78, 5) is 6.68. The van der Waals surface area contributed by atoms with E-state index >= 15 is 0 Å². The maximum absolute atomic E-state index is 5.65. The van der Waals surface area contributed by atoms with E-state index in [2.05, 4.69) is 20.1 Å². The van der Waals surface area contributed by atoms with Gasteiger partial charge in [-0.1, -0.05) is 0 Å². The average molecular weight is 189 g/mol. The fourth-order valence-electron chi connectivity index (χ4n) is 1.64. The number of nitrogen functional groups attached to an aromatic ring is 1. The van der Waals surface area contributed by atoms with Crippen molar-refractivity contribution in [3.05, 3.63) is 12.1 Å². The molecule has 0 saturated carbocycles. The minimum absolute atomic E-state index is 0.516. The Hall–Kier alpha value is -1.78. The van der Waals surface area contributed by atoms with Gasteiger partial charge in [-0.05, 0) is 18.6 Å². The zero-order valence-electron chi connectivity index (χ0n) is 7.70. The van der Waals surface area contributed by atoms with Crippen molar-refractivity contribution >= 4 is 22.7 Å². The van der Waals surface area contributed by atoms with E-state index in [1.54, 1.807) is 0 Å². The van der Waals surface area contributed by atoms with Gasteiger partial charge in [0.2, 0.25) is 0 Å². The predicted molar refractivity (Wildman–Crippen MR) is 55.1 cm³/mol. The Balaban J connectivity index is 2.10. The fraction of sp³-hybridized carbons (Fsp3) is 0.333. The number of nitrogens with zero attached hydrogens (tertiary/aromatic N) is 3. The van der Waals surface area contributed by atoms with Crippen molar-refractivity contribution in [2.24, 2.45) is 0 Å². The molecule has 5 nitrogen and oxygen atoms in total. The minimum atomic E-state index is 0.516. The number of aromatic amines is 1. The summed E-state index contributed by atoms with van der Waals surface area (Å²) in [5.74, 6) is 1.52. The van der Waals surface area contributed by atoms with E-state index in [1.165, 1.54) is 6.42 Å². The summed E-state index contributed by atoms with van der Waals surface area (Å²) < 4.78 is 0. The van der Waals surface area contributed by atoms with Gasteiger partial charge in [-0.2, -0.15) is 5.10 Å². The van der Waals surface area contributed by atoms with E-state index in [-0.39, 0.29) is 0 Å². The Bertz CT molecular complexity index is 471. The second kappa shape index (κ2) is 2.60. The van der Waals surface area contributed by atoms with Crippen LogP contribution in [-0.2, 0) is 0 Å². The molecule has 0 aromatic carbocycles. The van der Waals surface area contributed by atoms with Crippen molar-refractivity contribution in [2.75, 3.05) is 23.7 Å². The Morgan fingerprint density at radius 3 is 2.93 bits per heavy atom. The zero-order chi connectivity index (χ0) is 9.54. The first kappa shape index (κ1) is 7.61. The van der Waals surface area contributed by atoms with E-state index < -0.39 is 0 Å². The van der Waals surface area contributed by atoms with Crippen LogP contribution in [0.25, 0.3) is 11.0 Å². The molecular formula is C9H11N5. The van der Waals surface area contributed by atoms with Crippen molar-refractivity contribution in [3.63, 3.8) is 0 Å². The molecular weight excluding hydrogens is 178 g/mol. The van der Waals surface area contributed by atoms with E-state index in [4.69, 9.17) is 5.73 Å². The molecule has 72 valence electrons. The lowest BCUT2D eigenvalue weighted by molar-refractivity contribution is 0.610. The van der Waals surface area contributed by atoms with Gasteiger partial charge in [0, 0.05) is 13.1 Å². The van der Waals surface area contributed by atoms with Gasteiger partial charge in [0.05, 0.1) is 5.39 Å². The van der Waals surface area contributed by atoms with Crippen LogP contribution in [0.5, 0.6) is 0 Å². The number of pyridine rings is 1. The van der Waals surface area contributed by atoms with Gasteiger partial charge in [0.25, 0.3) is 0 Å². The first-order valence-corrected chi connectivity index (χ1v) is 4.70. The minimum Gasteiger partial charge on any atom is -0.382 e. The van der Waals surface area contributed by atoms with Gasteiger partial charge in [-0.15, -0.1) is 0 Å². The molecule has 0 amide bonds. The van der Waals surface area contributed by atoms with Crippen LogP contribution in [0, 0.1) is 0 Å². The molecule has 0 spiro atoms. The highest BCUT2D eigenvalue weighted by Gasteiger charge is 2.16. The molecule has 0 bridgehead atoms. The third-order valence-corrected chi connectivity index (χ3v) is 2.62. The summed E-state index contributed by atoms with van der Waals surface area (Å²) in [6.45, 7) is 2.20. The number of rotatable bonds is 1. The van der Waals surface area contributed by atoms with E-state index in [0.29, 0.717) is 5.82 Å². The number of anilines is 2. The van der Waals surface area contributed by atoms with Crippen molar-refractivity contribution in [3.8, 4) is 0 Å².